The van der Waals surface area contributed by atoms with Gasteiger partial charge in [0.25, 0.3) is 5.91 Å². The van der Waals surface area contributed by atoms with Gasteiger partial charge in [-0.15, -0.1) is 0 Å². The molecule has 2 aromatic rings. The summed E-state index contributed by atoms with van der Waals surface area (Å²) in [5.41, 5.74) is 17.0. The van der Waals surface area contributed by atoms with Gasteiger partial charge in [0.2, 0.25) is 0 Å². The molecular weight excluding hydrogens is 321 g/mol. The van der Waals surface area contributed by atoms with Crippen LogP contribution in [0.15, 0.2) is 48.5 Å². The molecule has 128 valence electrons. The molecule has 2 aromatic carbocycles. The molecule has 0 aliphatic rings. The number of carbonyl (C=O) groups excluding carboxylic acids is 1. The zero-order valence-electron chi connectivity index (χ0n) is 12.5. The van der Waals surface area contributed by atoms with Crippen molar-refractivity contribution in [2.45, 2.75) is 18.4 Å². The number of nitrogens with one attached hydrogen (secondary N) is 1. The van der Waals surface area contributed by atoms with Crippen LogP contribution in [-0.4, -0.2) is 12.1 Å². The molecule has 1 amide bonds. The maximum absolute atomic E-state index is 12.7. The second kappa shape index (κ2) is 6.90. The van der Waals surface area contributed by atoms with Crippen LogP contribution in [0.4, 0.5) is 18.9 Å². The molecule has 0 aliphatic heterocycles. The van der Waals surface area contributed by atoms with Gasteiger partial charge in [0.1, 0.15) is 0 Å². The maximum Gasteiger partial charge on any atom is 0.416 e. The van der Waals surface area contributed by atoms with Gasteiger partial charge < -0.3 is 22.5 Å². The van der Waals surface area contributed by atoms with Crippen LogP contribution in [0.5, 0.6) is 0 Å². The molecule has 5 nitrogen and oxygen atoms in total. The van der Waals surface area contributed by atoms with E-state index in [0.717, 1.165) is 18.2 Å². The van der Waals surface area contributed by atoms with Gasteiger partial charge in [-0.2, -0.15) is 13.2 Å². The molecule has 0 fully saturated rings. The Morgan fingerprint density at radius 1 is 1.04 bits per heavy atom. The normalized spacial score (nSPS) is 14.0. The highest BCUT2D eigenvalue weighted by Gasteiger charge is 2.31. The first-order valence-corrected chi connectivity index (χ1v) is 7.04. The summed E-state index contributed by atoms with van der Waals surface area (Å²) in [7, 11) is 0. The molecule has 2 atom stereocenters. The van der Waals surface area contributed by atoms with Crippen LogP contribution in [0.1, 0.15) is 27.5 Å². The van der Waals surface area contributed by atoms with Crippen LogP contribution >= 0.6 is 0 Å². The molecule has 0 aromatic heterocycles. The Morgan fingerprint density at radius 3 is 2.21 bits per heavy atom. The first-order valence-electron chi connectivity index (χ1n) is 7.04. The number of nitrogens with two attached hydrogens (primary N) is 3. The number of carbonyl (C=O) groups is 1. The quantitative estimate of drug-likeness (QED) is 0.505. The Labute approximate surface area is 136 Å². The maximum atomic E-state index is 12.7. The zero-order chi connectivity index (χ0) is 17.9. The van der Waals surface area contributed by atoms with Crippen molar-refractivity contribution in [3.63, 3.8) is 0 Å². The van der Waals surface area contributed by atoms with Gasteiger partial charge in [-0.3, -0.25) is 4.79 Å². The largest absolute Gasteiger partial charge is 0.416 e. The Balaban J connectivity index is 2.13. The van der Waals surface area contributed by atoms with Crippen molar-refractivity contribution in [2.75, 3.05) is 5.73 Å². The Morgan fingerprint density at radius 2 is 1.67 bits per heavy atom. The summed E-state index contributed by atoms with van der Waals surface area (Å²) in [5.74, 6) is -0.441. The smallest absolute Gasteiger partial charge is 0.398 e. The van der Waals surface area contributed by atoms with E-state index in [1.807, 2.05) is 0 Å². The highest BCUT2D eigenvalue weighted by atomic mass is 19.4. The van der Waals surface area contributed by atoms with Crippen molar-refractivity contribution in [3.8, 4) is 0 Å². The summed E-state index contributed by atoms with van der Waals surface area (Å²) in [6, 6.07) is 10.2. The average molecular weight is 338 g/mol. The second-order valence-electron chi connectivity index (χ2n) is 5.23. The lowest BCUT2D eigenvalue weighted by molar-refractivity contribution is -0.137. The minimum atomic E-state index is -4.50. The molecule has 2 rings (SSSR count). The third-order valence-electron chi connectivity index (χ3n) is 3.49. The monoisotopic (exact) mass is 338 g/mol. The zero-order valence-corrected chi connectivity index (χ0v) is 12.5. The van der Waals surface area contributed by atoms with E-state index in [0.29, 0.717) is 5.56 Å². The van der Waals surface area contributed by atoms with E-state index in [4.69, 9.17) is 17.2 Å². The molecule has 0 heterocycles. The Bertz CT molecular complexity index is 719. The molecule has 0 spiro atoms. The number of nitrogen functional groups attached to an aromatic ring is 1. The van der Waals surface area contributed by atoms with Gasteiger partial charge in [0.15, 0.2) is 0 Å². The van der Waals surface area contributed by atoms with Gasteiger partial charge in [0.05, 0.1) is 17.8 Å². The molecule has 0 saturated carbocycles. The number of halogens is 3. The van der Waals surface area contributed by atoms with E-state index in [2.05, 4.69) is 5.32 Å². The molecule has 7 N–H and O–H groups in total. The molecule has 0 radical (unpaired) electrons. The Kier molecular flexibility index (Phi) is 5.10. The van der Waals surface area contributed by atoms with Crippen LogP contribution in [0.3, 0.4) is 0 Å². The lowest BCUT2D eigenvalue weighted by atomic mass is 10.0. The van der Waals surface area contributed by atoms with E-state index in [9.17, 15) is 18.0 Å². The van der Waals surface area contributed by atoms with Gasteiger partial charge in [0, 0.05) is 11.3 Å². The first-order chi connectivity index (χ1) is 11.2. The van der Waals surface area contributed by atoms with Gasteiger partial charge in [-0.05, 0) is 29.8 Å². The van der Waals surface area contributed by atoms with Crippen LogP contribution < -0.4 is 22.5 Å². The fourth-order valence-corrected chi connectivity index (χ4v) is 2.16. The fraction of sp³-hybridized carbons (Fsp3) is 0.188. The molecule has 0 bridgehead atoms. The predicted molar refractivity (Wildman–Crippen MR) is 84.7 cm³/mol. The summed E-state index contributed by atoms with van der Waals surface area (Å²) >= 11 is 0. The van der Waals surface area contributed by atoms with E-state index < -0.39 is 29.9 Å². The molecule has 24 heavy (non-hydrogen) atoms. The van der Waals surface area contributed by atoms with Crippen LogP contribution in [0, 0.1) is 0 Å². The number of rotatable bonds is 4. The summed E-state index contributed by atoms with van der Waals surface area (Å²) in [6.07, 6.45) is -5.52. The Hall–Kier alpha value is -2.58. The van der Waals surface area contributed by atoms with Crippen molar-refractivity contribution in [2.24, 2.45) is 11.5 Å². The molecular formula is C16H17F3N4O. The highest BCUT2D eigenvalue weighted by Crippen LogP contribution is 2.32. The minimum Gasteiger partial charge on any atom is -0.398 e. The number of hydrogen-bond donors (Lipinski definition) is 4. The number of alkyl halides is 3. The standard InChI is InChI=1S/C16H17F3N4O/c17-16(18,19)10-6-7-11(12(20)8-10)13(21)14(22)23-15(24)9-4-2-1-3-5-9/h1-8,13-14H,20-22H2,(H,23,24). The van der Waals surface area contributed by atoms with E-state index in [1.54, 1.807) is 30.3 Å². The molecule has 0 aliphatic carbocycles. The van der Waals surface area contributed by atoms with Crippen molar-refractivity contribution in [1.82, 2.24) is 5.32 Å². The summed E-state index contributed by atoms with van der Waals surface area (Å²) in [6.45, 7) is 0. The van der Waals surface area contributed by atoms with Gasteiger partial charge in [-0.1, -0.05) is 24.3 Å². The second-order valence-corrected chi connectivity index (χ2v) is 5.23. The SMILES string of the molecule is Nc1cc(C(F)(F)F)ccc1C(N)C(N)NC(=O)c1ccccc1. The molecule has 0 saturated heterocycles. The number of hydrogen-bond acceptors (Lipinski definition) is 4. The lowest BCUT2D eigenvalue weighted by Gasteiger charge is -2.23. The van der Waals surface area contributed by atoms with Crippen molar-refractivity contribution in [3.05, 3.63) is 65.2 Å². The summed E-state index contributed by atoms with van der Waals surface area (Å²) in [5, 5.41) is 2.50. The number of benzene rings is 2. The van der Waals surface area contributed by atoms with Crippen molar-refractivity contribution >= 4 is 11.6 Å². The number of amides is 1. The third kappa shape index (κ3) is 4.03. The first kappa shape index (κ1) is 17.8. The molecule has 2 unspecified atom stereocenters. The summed E-state index contributed by atoms with van der Waals surface area (Å²) in [4.78, 5) is 12.0. The lowest BCUT2D eigenvalue weighted by Crippen LogP contribution is -2.48. The topological polar surface area (TPSA) is 107 Å². The van der Waals surface area contributed by atoms with Crippen molar-refractivity contribution < 1.29 is 18.0 Å². The third-order valence-corrected chi connectivity index (χ3v) is 3.49. The summed E-state index contributed by atoms with van der Waals surface area (Å²) < 4.78 is 38.0. The van der Waals surface area contributed by atoms with Crippen molar-refractivity contribution in [1.29, 1.82) is 0 Å². The highest BCUT2D eigenvalue weighted by molar-refractivity contribution is 5.94. The van der Waals surface area contributed by atoms with Crippen LogP contribution in [0.2, 0.25) is 0 Å². The van der Waals surface area contributed by atoms with Crippen LogP contribution in [-0.2, 0) is 6.18 Å². The minimum absolute atomic E-state index is 0.137. The van der Waals surface area contributed by atoms with Gasteiger partial charge >= 0.3 is 6.18 Å². The fourth-order valence-electron chi connectivity index (χ4n) is 2.16. The van der Waals surface area contributed by atoms with Crippen LogP contribution in [0.25, 0.3) is 0 Å². The van der Waals surface area contributed by atoms with E-state index >= 15 is 0 Å². The van der Waals surface area contributed by atoms with E-state index in [-0.39, 0.29) is 11.3 Å². The van der Waals surface area contributed by atoms with Gasteiger partial charge in [-0.25, -0.2) is 0 Å². The molecule has 8 heteroatoms. The van der Waals surface area contributed by atoms with E-state index in [1.165, 1.54) is 0 Å². The number of anilines is 1. The predicted octanol–water partition coefficient (Wildman–Crippen LogP) is 2.00. The average Bonchev–Trinajstić information content (AvgIpc) is 2.54.